The van der Waals surface area contributed by atoms with Gasteiger partial charge >= 0.3 is 6.03 Å². The Morgan fingerprint density at radius 3 is 2.62 bits per heavy atom. The largest absolute Gasteiger partial charge is 0.493 e. The zero-order valence-corrected chi connectivity index (χ0v) is 16.9. The topological polar surface area (TPSA) is 93.9 Å². The first kappa shape index (κ1) is 20.5. The highest BCUT2D eigenvalue weighted by atomic mass is 16.5. The number of imide groups is 1. The van der Waals surface area contributed by atoms with Crippen molar-refractivity contribution in [3.8, 4) is 11.5 Å². The van der Waals surface area contributed by atoms with E-state index in [0.717, 1.165) is 24.8 Å². The molecule has 0 unspecified atom stereocenters. The maximum atomic E-state index is 13.0. The zero-order valence-electron chi connectivity index (χ0n) is 16.9. The minimum Gasteiger partial charge on any atom is -0.493 e. The highest BCUT2D eigenvalue weighted by Gasteiger charge is 2.32. The van der Waals surface area contributed by atoms with Crippen molar-refractivity contribution in [3.05, 3.63) is 47.5 Å². The van der Waals surface area contributed by atoms with Crippen LogP contribution >= 0.6 is 0 Å². The molecule has 1 aliphatic rings. The number of hydrogen-bond acceptors (Lipinski definition) is 5. The van der Waals surface area contributed by atoms with E-state index in [2.05, 4.69) is 12.2 Å². The number of amides is 3. The van der Waals surface area contributed by atoms with Gasteiger partial charge in [-0.1, -0.05) is 19.8 Å². The monoisotopic (exact) mass is 397 g/mol. The van der Waals surface area contributed by atoms with Gasteiger partial charge in [0.15, 0.2) is 11.5 Å². The van der Waals surface area contributed by atoms with Crippen molar-refractivity contribution in [2.75, 3.05) is 31.3 Å². The Morgan fingerprint density at radius 1 is 1.17 bits per heavy atom. The first-order chi connectivity index (χ1) is 14.0. The summed E-state index contributed by atoms with van der Waals surface area (Å²) in [5, 5.41) is 2.74. The number of urea groups is 1. The van der Waals surface area contributed by atoms with Crippen molar-refractivity contribution >= 4 is 23.3 Å². The maximum Gasteiger partial charge on any atom is 0.328 e. The molecule has 0 aromatic heterocycles. The molecule has 0 aliphatic carbocycles. The third kappa shape index (κ3) is 4.62. The molecule has 7 heteroatoms. The van der Waals surface area contributed by atoms with Crippen LogP contribution < -0.4 is 20.5 Å². The number of nitrogen functional groups attached to an aromatic ring is 1. The SMILES string of the molecule is CCCCCOc1c(OC)ccc2c1CCN(C(=O)Nc1ccc(N)cc1)C2=O. The van der Waals surface area contributed by atoms with E-state index in [1.54, 1.807) is 43.5 Å². The molecule has 0 bridgehead atoms. The van der Waals surface area contributed by atoms with Gasteiger partial charge < -0.3 is 20.5 Å². The number of carbonyl (C=O) groups is 2. The molecule has 0 spiro atoms. The molecule has 3 rings (SSSR count). The average molecular weight is 397 g/mol. The van der Waals surface area contributed by atoms with E-state index >= 15 is 0 Å². The van der Waals surface area contributed by atoms with Crippen LogP contribution in [0.15, 0.2) is 36.4 Å². The summed E-state index contributed by atoms with van der Waals surface area (Å²) in [6.07, 6.45) is 3.63. The van der Waals surface area contributed by atoms with Crippen molar-refractivity contribution in [1.82, 2.24) is 4.90 Å². The van der Waals surface area contributed by atoms with E-state index in [-0.39, 0.29) is 12.5 Å². The van der Waals surface area contributed by atoms with E-state index in [4.69, 9.17) is 15.2 Å². The minimum absolute atomic E-state index is 0.269. The molecule has 0 fully saturated rings. The van der Waals surface area contributed by atoms with Crippen LogP contribution in [0.25, 0.3) is 0 Å². The van der Waals surface area contributed by atoms with E-state index in [0.29, 0.717) is 41.5 Å². The highest BCUT2D eigenvalue weighted by Crippen LogP contribution is 2.37. The second kappa shape index (κ2) is 9.32. The molecular formula is C22H27N3O4. The predicted octanol–water partition coefficient (Wildman–Crippen LogP) is 4.08. The summed E-state index contributed by atoms with van der Waals surface area (Å²) in [4.78, 5) is 26.8. The summed E-state index contributed by atoms with van der Waals surface area (Å²) in [5.74, 6) is 0.862. The van der Waals surface area contributed by atoms with E-state index in [9.17, 15) is 9.59 Å². The number of carbonyl (C=O) groups excluding carboxylic acids is 2. The Labute approximate surface area is 170 Å². The fraction of sp³-hybridized carbons (Fsp3) is 0.364. The van der Waals surface area contributed by atoms with Crippen LogP contribution in [0.5, 0.6) is 11.5 Å². The average Bonchev–Trinajstić information content (AvgIpc) is 2.73. The molecule has 0 atom stereocenters. The summed E-state index contributed by atoms with van der Waals surface area (Å²) in [5.41, 5.74) is 8.11. The van der Waals surface area contributed by atoms with Gasteiger partial charge in [-0.3, -0.25) is 9.69 Å². The van der Waals surface area contributed by atoms with Gasteiger partial charge in [0.05, 0.1) is 13.7 Å². The Bertz CT molecular complexity index is 880. The smallest absolute Gasteiger partial charge is 0.328 e. The van der Waals surface area contributed by atoms with Crippen molar-refractivity contribution in [3.63, 3.8) is 0 Å². The van der Waals surface area contributed by atoms with Gasteiger partial charge in [-0.15, -0.1) is 0 Å². The third-order valence-corrected chi connectivity index (χ3v) is 4.91. The fourth-order valence-electron chi connectivity index (χ4n) is 3.32. The quantitative estimate of drug-likeness (QED) is 0.542. The van der Waals surface area contributed by atoms with Crippen LogP contribution in [-0.4, -0.2) is 37.1 Å². The number of hydrogen-bond donors (Lipinski definition) is 2. The first-order valence-corrected chi connectivity index (χ1v) is 9.86. The lowest BCUT2D eigenvalue weighted by molar-refractivity contribution is 0.0796. The number of anilines is 2. The van der Waals surface area contributed by atoms with Crippen molar-refractivity contribution in [2.24, 2.45) is 0 Å². The molecule has 3 N–H and O–H groups in total. The standard InChI is InChI=1S/C22H27N3O4/c1-3-4-5-14-29-20-17-12-13-25(21(26)18(17)10-11-19(20)28-2)22(27)24-16-8-6-15(23)7-9-16/h6-11H,3-5,12-14,23H2,1-2H3,(H,24,27). The van der Waals surface area contributed by atoms with Crippen LogP contribution in [0.4, 0.5) is 16.2 Å². The second-order valence-electron chi connectivity index (χ2n) is 6.94. The van der Waals surface area contributed by atoms with E-state index in [1.807, 2.05) is 0 Å². The molecule has 0 saturated heterocycles. The number of rotatable bonds is 7. The Morgan fingerprint density at radius 2 is 1.93 bits per heavy atom. The summed E-state index contributed by atoms with van der Waals surface area (Å²) >= 11 is 0. The van der Waals surface area contributed by atoms with Crippen molar-refractivity contribution < 1.29 is 19.1 Å². The number of unbranched alkanes of at least 4 members (excludes halogenated alkanes) is 2. The Kier molecular flexibility index (Phi) is 6.59. The molecule has 2 aromatic carbocycles. The van der Waals surface area contributed by atoms with Gasteiger partial charge in [0.2, 0.25) is 0 Å². The lowest BCUT2D eigenvalue weighted by Gasteiger charge is -2.29. The number of ether oxygens (including phenoxy) is 2. The lowest BCUT2D eigenvalue weighted by Crippen LogP contribution is -2.44. The van der Waals surface area contributed by atoms with Gasteiger partial charge in [0, 0.05) is 29.0 Å². The maximum absolute atomic E-state index is 13.0. The molecule has 1 heterocycles. The lowest BCUT2D eigenvalue weighted by atomic mass is 9.97. The molecule has 3 amide bonds. The zero-order chi connectivity index (χ0) is 20.8. The number of nitrogens with two attached hydrogens (primary N) is 1. The van der Waals surface area contributed by atoms with Crippen LogP contribution in [0, 0.1) is 0 Å². The van der Waals surface area contributed by atoms with E-state index in [1.165, 1.54) is 4.90 Å². The number of methoxy groups -OCH3 is 1. The van der Waals surface area contributed by atoms with Gasteiger partial charge in [-0.05, 0) is 49.2 Å². The van der Waals surface area contributed by atoms with Gasteiger partial charge in [-0.2, -0.15) is 0 Å². The molecule has 2 aromatic rings. The van der Waals surface area contributed by atoms with E-state index < -0.39 is 6.03 Å². The molecule has 1 aliphatic heterocycles. The van der Waals surface area contributed by atoms with Crippen LogP contribution in [0.1, 0.15) is 42.1 Å². The molecule has 0 radical (unpaired) electrons. The highest BCUT2D eigenvalue weighted by molar-refractivity contribution is 6.09. The second-order valence-corrected chi connectivity index (χ2v) is 6.94. The van der Waals surface area contributed by atoms with Gasteiger partial charge in [-0.25, -0.2) is 4.79 Å². The molecule has 7 nitrogen and oxygen atoms in total. The molecule has 0 saturated carbocycles. The Hall–Kier alpha value is -3.22. The number of nitrogens with one attached hydrogen (secondary N) is 1. The number of fused-ring (bicyclic) bond motifs is 1. The fourth-order valence-corrected chi connectivity index (χ4v) is 3.32. The van der Waals surface area contributed by atoms with Crippen LogP contribution in [-0.2, 0) is 6.42 Å². The van der Waals surface area contributed by atoms with Crippen LogP contribution in [0.2, 0.25) is 0 Å². The minimum atomic E-state index is -0.466. The number of nitrogens with zero attached hydrogens (tertiary/aromatic N) is 1. The summed E-state index contributed by atoms with van der Waals surface area (Å²) < 4.78 is 11.4. The molecular weight excluding hydrogens is 370 g/mol. The van der Waals surface area contributed by atoms with Crippen molar-refractivity contribution in [1.29, 1.82) is 0 Å². The first-order valence-electron chi connectivity index (χ1n) is 9.86. The van der Waals surface area contributed by atoms with Crippen molar-refractivity contribution in [2.45, 2.75) is 32.6 Å². The van der Waals surface area contributed by atoms with Gasteiger partial charge in [0.25, 0.3) is 5.91 Å². The predicted molar refractivity (Wildman–Crippen MR) is 113 cm³/mol. The number of benzene rings is 2. The normalized spacial score (nSPS) is 13.0. The summed E-state index contributed by atoms with van der Waals surface area (Å²) in [6, 6.07) is 9.72. The van der Waals surface area contributed by atoms with Gasteiger partial charge in [0.1, 0.15) is 0 Å². The summed E-state index contributed by atoms with van der Waals surface area (Å²) in [6.45, 7) is 2.97. The van der Waals surface area contributed by atoms with Crippen LogP contribution in [0.3, 0.4) is 0 Å². The molecule has 29 heavy (non-hydrogen) atoms. The Balaban J connectivity index is 1.78. The third-order valence-electron chi connectivity index (χ3n) is 4.91. The molecule has 154 valence electrons. The summed E-state index contributed by atoms with van der Waals surface area (Å²) in [7, 11) is 1.58.